The number of hydrogen-bond donors (Lipinski definition) is 3. The van der Waals surface area contributed by atoms with Crippen molar-refractivity contribution in [3.05, 3.63) is 53.2 Å². The molecule has 0 fully saturated rings. The number of amides is 2. The number of rotatable bonds is 2. The van der Waals surface area contributed by atoms with Crippen LogP contribution in [0.3, 0.4) is 0 Å². The molecule has 0 saturated carbocycles. The SMILES string of the molecule is O=C(Nc1ccc(Cl)c(C(F)(F)F)c1)C(=O)Nc1ccc2cn[nH]c2c1. The average molecular weight is 383 g/mol. The average Bonchev–Trinajstić information content (AvgIpc) is 3.03. The Morgan fingerprint density at radius 3 is 2.27 bits per heavy atom. The number of nitrogens with one attached hydrogen (secondary N) is 3. The van der Waals surface area contributed by atoms with Crippen LogP contribution in [0.15, 0.2) is 42.6 Å². The molecule has 2 amide bonds. The van der Waals surface area contributed by atoms with E-state index in [1.807, 2.05) is 0 Å². The van der Waals surface area contributed by atoms with Gasteiger partial charge < -0.3 is 10.6 Å². The minimum absolute atomic E-state index is 0.203. The lowest BCUT2D eigenvalue weighted by molar-refractivity contribution is -0.137. The summed E-state index contributed by atoms with van der Waals surface area (Å²) in [6, 6.07) is 7.62. The first kappa shape index (κ1) is 17.7. The van der Waals surface area contributed by atoms with Crippen LogP contribution in [0.1, 0.15) is 5.56 Å². The van der Waals surface area contributed by atoms with Crippen LogP contribution in [0.4, 0.5) is 24.5 Å². The number of aromatic nitrogens is 2. The highest BCUT2D eigenvalue weighted by atomic mass is 35.5. The van der Waals surface area contributed by atoms with E-state index in [2.05, 4.69) is 20.8 Å². The lowest BCUT2D eigenvalue weighted by Gasteiger charge is -2.11. The predicted molar refractivity (Wildman–Crippen MR) is 89.8 cm³/mol. The van der Waals surface area contributed by atoms with Crippen LogP contribution in [0, 0.1) is 0 Å². The van der Waals surface area contributed by atoms with E-state index in [1.165, 1.54) is 6.07 Å². The molecular weight excluding hydrogens is 373 g/mol. The van der Waals surface area contributed by atoms with Gasteiger partial charge in [-0.1, -0.05) is 11.6 Å². The quantitative estimate of drug-likeness (QED) is 0.589. The molecule has 0 spiro atoms. The van der Waals surface area contributed by atoms with Gasteiger partial charge >= 0.3 is 18.0 Å². The first-order chi connectivity index (χ1) is 12.2. The molecule has 0 radical (unpaired) electrons. The van der Waals surface area contributed by atoms with Crippen molar-refractivity contribution in [2.45, 2.75) is 6.18 Å². The van der Waals surface area contributed by atoms with Crippen molar-refractivity contribution in [2.75, 3.05) is 10.6 Å². The van der Waals surface area contributed by atoms with Gasteiger partial charge in [0.2, 0.25) is 0 Å². The molecule has 0 unspecified atom stereocenters. The highest BCUT2D eigenvalue weighted by Gasteiger charge is 2.33. The Hall–Kier alpha value is -3.07. The topological polar surface area (TPSA) is 86.9 Å². The molecule has 3 aromatic rings. The molecule has 0 atom stereocenters. The largest absolute Gasteiger partial charge is 0.417 e. The van der Waals surface area contributed by atoms with Crippen LogP contribution in [-0.2, 0) is 15.8 Å². The van der Waals surface area contributed by atoms with Gasteiger partial charge in [0.15, 0.2) is 0 Å². The maximum Gasteiger partial charge on any atom is 0.417 e. The molecule has 2 aromatic carbocycles. The number of carbonyl (C=O) groups excluding carboxylic acids is 2. The van der Waals surface area contributed by atoms with Gasteiger partial charge in [-0.25, -0.2) is 0 Å². The summed E-state index contributed by atoms with van der Waals surface area (Å²) in [6.07, 6.45) is -3.09. The number of benzene rings is 2. The molecule has 0 aliphatic carbocycles. The van der Waals surface area contributed by atoms with Gasteiger partial charge in [-0.15, -0.1) is 0 Å². The lowest BCUT2D eigenvalue weighted by Crippen LogP contribution is -2.29. The maximum atomic E-state index is 12.8. The second kappa shape index (κ2) is 6.68. The van der Waals surface area contributed by atoms with Gasteiger partial charge in [0.1, 0.15) is 0 Å². The molecule has 0 saturated heterocycles. The molecule has 0 aliphatic heterocycles. The van der Waals surface area contributed by atoms with Gasteiger partial charge in [-0.05, 0) is 36.4 Å². The smallest absolute Gasteiger partial charge is 0.318 e. The number of anilines is 2. The fourth-order valence-corrected chi connectivity index (χ4v) is 2.44. The summed E-state index contributed by atoms with van der Waals surface area (Å²) < 4.78 is 38.5. The normalized spacial score (nSPS) is 11.4. The van der Waals surface area contributed by atoms with E-state index in [0.717, 1.165) is 11.5 Å². The van der Waals surface area contributed by atoms with Crippen molar-refractivity contribution in [3.8, 4) is 0 Å². The number of halogens is 4. The zero-order valence-corrected chi connectivity index (χ0v) is 13.6. The molecule has 6 nitrogen and oxygen atoms in total. The van der Waals surface area contributed by atoms with Crippen LogP contribution >= 0.6 is 11.6 Å². The summed E-state index contributed by atoms with van der Waals surface area (Å²) in [6.45, 7) is 0. The van der Waals surface area contributed by atoms with Gasteiger partial charge in [0, 0.05) is 16.8 Å². The van der Waals surface area contributed by atoms with Crippen molar-refractivity contribution in [2.24, 2.45) is 0 Å². The fourth-order valence-electron chi connectivity index (χ4n) is 2.21. The van der Waals surface area contributed by atoms with Gasteiger partial charge in [-0.2, -0.15) is 18.3 Å². The van der Waals surface area contributed by atoms with Crippen LogP contribution < -0.4 is 10.6 Å². The summed E-state index contributed by atoms with van der Waals surface area (Å²) in [5.41, 5.74) is -0.335. The van der Waals surface area contributed by atoms with Crippen molar-refractivity contribution in [1.29, 1.82) is 0 Å². The number of H-pyrrole nitrogens is 1. The first-order valence-corrected chi connectivity index (χ1v) is 7.54. The zero-order chi connectivity index (χ0) is 18.9. The highest BCUT2D eigenvalue weighted by molar-refractivity contribution is 6.43. The Balaban J connectivity index is 1.72. The third-order valence-corrected chi connectivity index (χ3v) is 3.77. The number of alkyl halides is 3. The van der Waals surface area contributed by atoms with E-state index in [1.54, 1.807) is 24.4 Å². The minimum Gasteiger partial charge on any atom is -0.318 e. The van der Waals surface area contributed by atoms with E-state index in [4.69, 9.17) is 11.6 Å². The Labute approximate surface area is 149 Å². The molecule has 3 rings (SSSR count). The van der Waals surface area contributed by atoms with E-state index >= 15 is 0 Å². The monoisotopic (exact) mass is 382 g/mol. The predicted octanol–water partition coefficient (Wildman–Crippen LogP) is 3.81. The zero-order valence-electron chi connectivity index (χ0n) is 12.8. The van der Waals surface area contributed by atoms with Crippen molar-refractivity contribution < 1.29 is 22.8 Å². The molecule has 0 bridgehead atoms. The van der Waals surface area contributed by atoms with Crippen molar-refractivity contribution in [1.82, 2.24) is 10.2 Å². The molecule has 1 aromatic heterocycles. The van der Waals surface area contributed by atoms with E-state index in [0.29, 0.717) is 17.3 Å². The van der Waals surface area contributed by atoms with Crippen LogP contribution in [0.25, 0.3) is 10.9 Å². The fraction of sp³-hybridized carbons (Fsp3) is 0.0625. The van der Waals surface area contributed by atoms with E-state index < -0.39 is 28.6 Å². The Bertz CT molecular complexity index is 1000. The number of hydrogen-bond acceptors (Lipinski definition) is 3. The van der Waals surface area contributed by atoms with Crippen LogP contribution in [0.2, 0.25) is 5.02 Å². The highest BCUT2D eigenvalue weighted by Crippen LogP contribution is 2.36. The molecule has 10 heteroatoms. The Morgan fingerprint density at radius 2 is 1.62 bits per heavy atom. The Morgan fingerprint density at radius 1 is 1.00 bits per heavy atom. The summed E-state index contributed by atoms with van der Waals surface area (Å²) in [4.78, 5) is 23.9. The van der Waals surface area contributed by atoms with Crippen molar-refractivity contribution >= 4 is 45.7 Å². The summed E-state index contributed by atoms with van der Waals surface area (Å²) in [7, 11) is 0. The van der Waals surface area contributed by atoms with Gasteiger partial charge in [0.05, 0.1) is 22.3 Å². The number of fused-ring (bicyclic) bond motifs is 1. The molecule has 26 heavy (non-hydrogen) atoms. The summed E-state index contributed by atoms with van der Waals surface area (Å²) >= 11 is 5.51. The second-order valence-electron chi connectivity index (χ2n) is 5.27. The first-order valence-electron chi connectivity index (χ1n) is 7.16. The number of carbonyl (C=O) groups is 2. The molecule has 0 aliphatic rings. The number of aromatic amines is 1. The van der Waals surface area contributed by atoms with Gasteiger partial charge in [-0.3, -0.25) is 14.7 Å². The van der Waals surface area contributed by atoms with Crippen molar-refractivity contribution in [3.63, 3.8) is 0 Å². The third-order valence-electron chi connectivity index (χ3n) is 3.44. The molecule has 134 valence electrons. The molecule has 1 heterocycles. The lowest BCUT2D eigenvalue weighted by atomic mass is 10.2. The second-order valence-corrected chi connectivity index (χ2v) is 5.68. The van der Waals surface area contributed by atoms with Crippen LogP contribution in [0.5, 0.6) is 0 Å². The standard InChI is InChI=1S/C16H10ClF3N4O2/c17-12-4-3-9(5-11(12)16(18,19)20)22-14(25)15(26)23-10-2-1-8-7-21-24-13(8)6-10/h1-7H,(H,21,24)(H,22,25)(H,23,26). The van der Waals surface area contributed by atoms with Gasteiger partial charge in [0.25, 0.3) is 0 Å². The summed E-state index contributed by atoms with van der Waals surface area (Å²) in [5, 5.41) is 11.3. The molecular formula is C16H10ClF3N4O2. The summed E-state index contributed by atoms with van der Waals surface area (Å²) in [5.74, 6) is -2.16. The minimum atomic E-state index is -4.68. The van der Waals surface area contributed by atoms with E-state index in [9.17, 15) is 22.8 Å². The van der Waals surface area contributed by atoms with E-state index in [-0.39, 0.29) is 5.69 Å². The Kier molecular flexibility index (Phi) is 4.56. The number of nitrogens with zero attached hydrogens (tertiary/aromatic N) is 1. The van der Waals surface area contributed by atoms with Crippen LogP contribution in [-0.4, -0.2) is 22.0 Å². The third kappa shape index (κ3) is 3.77. The maximum absolute atomic E-state index is 12.8. The molecule has 3 N–H and O–H groups in total.